The van der Waals surface area contributed by atoms with E-state index in [0.717, 1.165) is 11.1 Å². The molecule has 1 atom stereocenters. The van der Waals surface area contributed by atoms with Gasteiger partial charge in [-0.05, 0) is 81.6 Å². The van der Waals surface area contributed by atoms with Gasteiger partial charge in [0, 0.05) is 5.69 Å². The fourth-order valence-corrected chi connectivity index (χ4v) is 2.42. The summed E-state index contributed by atoms with van der Waals surface area (Å²) in [4.78, 5) is 24.2. The summed E-state index contributed by atoms with van der Waals surface area (Å²) in [6.07, 6.45) is -0.652. The van der Waals surface area contributed by atoms with Gasteiger partial charge in [0.2, 0.25) is 0 Å². The third-order valence-electron chi connectivity index (χ3n) is 4.16. The highest BCUT2D eigenvalue weighted by Crippen LogP contribution is 2.20. The Kier molecular flexibility index (Phi) is 6.39. The van der Waals surface area contributed by atoms with Crippen molar-refractivity contribution in [2.45, 2.75) is 40.7 Å². The van der Waals surface area contributed by atoms with Crippen molar-refractivity contribution in [3.63, 3.8) is 0 Å². The molecule has 0 aliphatic carbocycles. The van der Waals surface area contributed by atoms with Crippen LogP contribution in [0.15, 0.2) is 36.4 Å². The third-order valence-corrected chi connectivity index (χ3v) is 4.16. The van der Waals surface area contributed by atoms with Crippen LogP contribution in [0.5, 0.6) is 5.75 Å². The van der Waals surface area contributed by atoms with Gasteiger partial charge in [0.1, 0.15) is 5.75 Å². The second-order valence-electron chi connectivity index (χ2n) is 6.25. The van der Waals surface area contributed by atoms with E-state index in [1.807, 2.05) is 39.0 Å². The molecule has 0 unspecified atom stereocenters. The molecule has 0 radical (unpaired) electrons. The van der Waals surface area contributed by atoms with Crippen molar-refractivity contribution in [2.24, 2.45) is 0 Å². The van der Waals surface area contributed by atoms with Crippen molar-refractivity contribution in [1.82, 2.24) is 0 Å². The van der Waals surface area contributed by atoms with Crippen molar-refractivity contribution >= 4 is 17.6 Å². The Balaban J connectivity index is 2.04. The van der Waals surface area contributed by atoms with Crippen molar-refractivity contribution < 1.29 is 19.1 Å². The van der Waals surface area contributed by atoms with Crippen LogP contribution < -0.4 is 10.1 Å². The van der Waals surface area contributed by atoms with Gasteiger partial charge in [-0.3, -0.25) is 4.79 Å². The first-order valence-corrected chi connectivity index (χ1v) is 8.64. The topological polar surface area (TPSA) is 64.6 Å². The fraction of sp³-hybridized carbons (Fsp3) is 0.333. The summed E-state index contributed by atoms with van der Waals surface area (Å²) in [6, 6.07) is 10.8. The van der Waals surface area contributed by atoms with E-state index >= 15 is 0 Å². The molecular weight excluding hydrogens is 330 g/mol. The minimum absolute atomic E-state index is 0.254. The van der Waals surface area contributed by atoms with Gasteiger partial charge in [0.15, 0.2) is 6.10 Å². The standard InChI is InChI=1S/C21H25NO4/c1-6-25-21(24)17-8-10-19(15(4)11-17)22-20(23)16(5)26-18-9-7-13(2)14(3)12-18/h7-12,16H,6H2,1-5H3,(H,22,23)/t16-/m1/s1. The molecule has 0 saturated heterocycles. The Morgan fingerprint density at radius 3 is 2.35 bits per heavy atom. The molecule has 1 N–H and O–H groups in total. The number of ether oxygens (including phenoxy) is 2. The van der Waals surface area contributed by atoms with Gasteiger partial charge >= 0.3 is 5.97 Å². The van der Waals surface area contributed by atoms with Gasteiger partial charge in [0.05, 0.1) is 12.2 Å². The second kappa shape index (κ2) is 8.52. The van der Waals surface area contributed by atoms with Gasteiger partial charge in [-0.15, -0.1) is 0 Å². The van der Waals surface area contributed by atoms with Crippen LogP contribution in [0.25, 0.3) is 0 Å². The van der Waals surface area contributed by atoms with Crippen LogP contribution in [-0.4, -0.2) is 24.6 Å². The van der Waals surface area contributed by atoms with Crippen LogP contribution in [0.1, 0.15) is 40.9 Å². The quantitative estimate of drug-likeness (QED) is 0.789. The summed E-state index contributed by atoms with van der Waals surface area (Å²) in [5.74, 6) is 0.0280. The first-order chi connectivity index (χ1) is 12.3. The molecule has 2 aromatic carbocycles. The smallest absolute Gasteiger partial charge is 0.338 e. The minimum Gasteiger partial charge on any atom is -0.481 e. The maximum absolute atomic E-state index is 12.4. The summed E-state index contributed by atoms with van der Waals surface area (Å²) >= 11 is 0. The zero-order valence-electron chi connectivity index (χ0n) is 15.9. The maximum Gasteiger partial charge on any atom is 0.338 e. The van der Waals surface area contributed by atoms with Crippen LogP contribution in [0, 0.1) is 20.8 Å². The third kappa shape index (κ3) is 4.85. The van der Waals surface area contributed by atoms with E-state index in [-0.39, 0.29) is 11.9 Å². The first-order valence-electron chi connectivity index (χ1n) is 8.64. The normalized spacial score (nSPS) is 11.6. The number of nitrogens with one attached hydrogen (secondary N) is 1. The minimum atomic E-state index is -0.652. The van der Waals surface area contributed by atoms with E-state index in [0.29, 0.717) is 23.6 Å². The lowest BCUT2D eigenvalue weighted by Gasteiger charge is -2.17. The Labute approximate surface area is 154 Å². The lowest BCUT2D eigenvalue weighted by molar-refractivity contribution is -0.122. The number of benzene rings is 2. The number of anilines is 1. The lowest BCUT2D eigenvalue weighted by Crippen LogP contribution is -2.30. The average molecular weight is 355 g/mol. The van der Waals surface area contributed by atoms with Gasteiger partial charge in [-0.1, -0.05) is 6.07 Å². The van der Waals surface area contributed by atoms with E-state index in [4.69, 9.17) is 9.47 Å². The van der Waals surface area contributed by atoms with Crippen molar-refractivity contribution in [3.05, 3.63) is 58.7 Å². The van der Waals surface area contributed by atoms with Gasteiger partial charge < -0.3 is 14.8 Å². The van der Waals surface area contributed by atoms with Gasteiger partial charge in [-0.2, -0.15) is 0 Å². The molecule has 0 aromatic heterocycles. The van der Waals surface area contributed by atoms with Crippen LogP contribution >= 0.6 is 0 Å². The number of rotatable bonds is 6. The molecule has 0 fully saturated rings. The molecular formula is C21H25NO4. The van der Waals surface area contributed by atoms with Crippen molar-refractivity contribution in [2.75, 3.05) is 11.9 Å². The van der Waals surface area contributed by atoms with Crippen LogP contribution in [-0.2, 0) is 9.53 Å². The van der Waals surface area contributed by atoms with Gasteiger partial charge in [-0.25, -0.2) is 4.79 Å². The van der Waals surface area contributed by atoms with Crippen molar-refractivity contribution in [1.29, 1.82) is 0 Å². The molecule has 0 spiro atoms. The fourth-order valence-electron chi connectivity index (χ4n) is 2.42. The number of aryl methyl sites for hydroxylation is 3. The van der Waals surface area contributed by atoms with E-state index in [9.17, 15) is 9.59 Å². The number of carbonyl (C=O) groups excluding carboxylic acids is 2. The molecule has 1 amide bonds. The monoisotopic (exact) mass is 355 g/mol. The second-order valence-corrected chi connectivity index (χ2v) is 6.25. The molecule has 5 heteroatoms. The Morgan fingerprint density at radius 1 is 1.00 bits per heavy atom. The molecule has 2 aromatic rings. The summed E-state index contributed by atoms with van der Waals surface area (Å²) in [7, 11) is 0. The molecule has 138 valence electrons. The number of amides is 1. The van der Waals surface area contributed by atoms with E-state index < -0.39 is 6.10 Å². The number of hydrogen-bond donors (Lipinski definition) is 1. The summed E-state index contributed by atoms with van der Waals surface area (Å²) in [5.41, 5.74) is 4.16. The summed E-state index contributed by atoms with van der Waals surface area (Å²) < 4.78 is 10.7. The Bertz CT molecular complexity index is 814. The van der Waals surface area contributed by atoms with Crippen LogP contribution in [0.3, 0.4) is 0 Å². The summed E-state index contributed by atoms with van der Waals surface area (Å²) in [5, 5.41) is 2.84. The number of esters is 1. The first kappa shape index (κ1) is 19.5. The van der Waals surface area contributed by atoms with Crippen molar-refractivity contribution in [3.8, 4) is 5.75 Å². The zero-order chi connectivity index (χ0) is 19.3. The molecule has 26 heavy (non-hydrogen) atoms. The molecule has 5 nitrogen and oxygen atoms in total. The molecule has 2 rings (SSSR count). The summed E-state index contributed by atoms with van der Waals surface area (Å²) in [6.45, 7) is 9.64. The SMILES string of the molecule is CCOC(=O)c1ccc(NC(=O)[C@@H](C)Oc2ccc(C)c(C)c2)c(C)c1. The van der Waals surface area contributed by atoms with Crippen LogP contribution in [0.2, 0.25) is 0 Å². The van der Waals surface area contributed by atoms with Crippen LogP contribution in [0.4, 0.5) is 5.69 Å². The Morgan fingerprint density at radius 2 is 1.73 bits per heavy atom. The highest BCUT2D eigenvalue weighted by atomic mass is 16.5. The van der Waals surface area contributed by atoms with E-state index in [1.54, 1.807) is 32.0 Å². The number of carbonyl (C=O) groups is 2. The van der Waals surface area contributed by atoms with E-state index in [1.165, 1.54) is 5.56 Å². The predicted molar refractivity (Wildman–Crippen MR) is 102 cm³/mol. The highest BCUT2D eigenvalue weighted by Gasteiger charge is 2.17. The molecule has 0 heterocycles. The molecule has 0 aliphatic rings. The number of hydrogen-bond acceptors (Lipinski definition) is 4. The largest absolute Gasteiger partial charge is 0.481 e. The van der Waals surface area contributed by atoms with Gasteiger partial charge in [0.25, 0.3) is 5.91 Å². The van der Waals surface area contributed by atoms with E-state index in [2.05, 4.69) is 5.32 Å². The predicted octanol–water partition coefficient (Wildman–Crippen LogP) is 4.19. The average Bonchev–Trinajstić information content (AvgIpc) is 2.60. The zero-order valence-corrected chi connectivity index (χ0v) is 15.9. The highest BCUT2D eigenvalue weighted by molar-refractivity contribution is 5.96. The lowest BCUT2D eigenvalue weighted by atomic mass is 10.1. The molecule has 0 bridgehead atoms. The molecule has 0 aliphatic heterocycles. The Hall–Kier alpha value is -2.82. The molecule has 0 saturated carbocycles. The maximum atomic E-state index is 12.4.